The zero-order chi connectivity index (χ0) is 27.1. The molecule has 0 unspecified atom stereocenters. The SMILES string of the molecule is COc1ccc(-c2nc(NN=C(Cc3ccccc3[N+](=O)[O-])C(=O)O)sc2-c2ccc(N=[N+]=[N-])cc2)cc1. The van der Waals surface area contributed by atoms with Gasteiger partial charge in [0.05, 0.1) is 22.6 Å². The number of benzene rings is 3. The van der Waals surface area contributed by atoms with Gasteiger partial charge in [-0.2, -0.15) is 5.10 Å². The highest BCUT2D eigenvalue weighted by atomic mass is 32.1. The summed E-state index contributed by atoms with van der Waals surface area (Å²) in [6, 6.07) is 20.1. The van der Waals surface area contributed by atoms with Crippen molar-refractivity contribution in [1.82, 2.24) is 4.98 Å². The number of carbonyl (C=O) groups is 1. The molecule has 0 saturated heterocycles. The number of para-hydroxylation sites is 1. The number of ether oxygens (including phenoxy) is 1. The zero-order valence-electron chi connectivity index (χ0n) is 19.8. The molecule has 0 aliphatic carbocycles. The highest BCUT2D eigenvalue weighted by molar-refractivity contribution is 7.19. The van der Waals surface area contributed by atoms with Gasteiger partial charge in [0, 0.05) is 34.2 Å². The largest absolute Gasteiger partial charge is 0.497 e. The molecule has 4 aromatic rings. The van der Waals surface area contributed by atoms with Gasteiger partial charge >= 0.3 is 5.97 Å². The van der Waals surface area contributed by atoms with Crippen LogP contribution in [-0.2, 0) is 11.2 Å². The van der Waals surface area contributed by atoms with Crippen molar-refractivity contribution in [1.29, 1.82) is 0 Å². The lowest BCUT2D eigenvalue weighted by atomic mass is 10.1. The summed E-state index contributed by atoms with van der Waals surface area (Å²) in [6.07, 6.45) is -0.260. The van der Waals surface area contributed by atoms with Crippen molar-refractivity contribution in [2.75, 3.05) is 12.5 Å². The van der Waals surface area contributed by atoms with E-state index in [0.717, 1.165) is 16.0 Å². The molecule has 0 aliphatic heterocycles. The fraction of sp³-hybridized carbons (Fsp3) is 0.0800. The number of methoxy groups -OCH3 is 1. The van der Waals surface area contributed by atoms with Crippen LogP contribution in [0.3, 0.4) is 0 Å². The number of anilines is 1. The molecule has 190 valence electrons. The molecule has 0 fully saturated rings. The molecule has 0 amide bonds. The lowest BCUT2D eigenvalue weighted by Gasteiger charge is -2.05. The van der Waals surface area contributed by atoms with Crippen LogP contribution in [0.15, 0.2) is 83.0 Å². The van der Waals surface area contributed by atoms with Crippen molar-refractivity contribution in [3.63, 3.8) is 0 Å². The number of nitro benzene ring substituents is 1. The Balaban J connectivity index is 1.70. The summed E-state index contributed by atoms with van der Waals surface area (Å²) in [6.45, 7) is 0. The van der Waals surface area contributed by atoms with Gasteiger partial charge in [0.15, 0.2) is 0 Å². The Bertz CT molecular complexity index is 1560. The van der Waals surface area contributed by atoms with E-state index in [-0.39, 0.29) is 23.4 Å². The van der Waals surface area contributed by atoms with Crippen LogP contribution >= 0.6 is 11.3 Å². The van der Waals surface area contributed by atoms with Crippen molar-refractivity contribution in [2.24, 2.45) is 10.2 Å². The summed E-state index contributed by atoms with van der Waals surface area (Å²) in [5.74, 6) is -0.648. The third kappa shape index (κ3) is 5.93. The topological polar surface area (TPSA) is 176 Å². The number of aliphatic carboxylic acids is 1. The molecule has 0 aliphatic rings. The van der Waals surface area contributed by atoms with Crippen LogP contribution in [0.1, 0.15) is 5.56 Å². The van der Waals surface area contributed by atoms with E-state index in [1.807, 2.05) is 12.1 Å². The molecule has 12 nitrogen and oxygen atoms in total. The summed E-state index contributed by atoms with van der Waals surface area (Å²) in [7, 11) is 1.57. The van der Waals surface area contributed by atoms with Gasteiger partial charge in [0.2, 0.25) is 5.13 Å². The maximum atomic E-state index is 11.9. The molecule has 0 spiro atoms. The van der Waals surface area contributed by atoms with Gasteiger partial charge in [-0.25, -0.2) is 9.78 Å². The zero-order valence-corrected chi connectivity index (χ0v) is 20.6. The Morgan fingerprint density at radius 3 is 2.45 bits per heavy atom. The molecule has 1 heterocycles. The minimum absolute atomic E-state index is 0.191. The van der Waals surface area contributed by atoms with Crippen molar-refractivity contribution in [3.05, 3.63) is 98.9 Å². The molecule has 3 aromatic carbocycles. The maximum absolute atomic E-state index is 11.9. The van der Waals surface area contributed by atoms with Gasteiger partial charge in [-0.15, -0.1) is 0 Å². The third-order valence-corrected chi connectivity index (χ3v) is 6.37. The molecular formula is C25H19N7O5S. The number of aromatic nitrogens is 1. The van der Waals surface area contributed by atoms with Gasteiger partial charge in [-0.05, 0) is 35.4 Å². The van der Waals surface area contributed by atoms with Crippen LogP contribution in [-0.4, -0.2) is 33.8 Å². The van der Waals surface area contributed by atoms with E-state index in [1.165, 1.54) is 29.5 Å². The lowest BCUT2D eigenvalue weighted by molar-refractivity contribution is -0.385. The average Bonchev–Trinajstić information content (AvgIpc) is 3.36. The van der Waals surface area contributed by atoms with Crippen molar-refractivity contribution < 1.29 is 19.6 Å². The fourth-order valence-corrected chi connectivity index (χ4v) is 4.47. The van der Waals surface area contributed by atoms with E-state index in [1.54, 1.807) is 49.6 Å². The minimum Gasteiger partial charge on any atom is -0.497 e. The summed E-state index contributed by atoms with van der Waals surface area (Å²) in [5.41, 5.74) is 13.7. The number of azide groups is 1. The number of thiazole rings is 1. The molecule has 0 atom stereocenters. The van der Waals surface area contributed by atoms with Crippen LogP contribution in [0.5, 0.6) is 5.75 Å². The number of hydrazone groups is 1. The van der Waals surface area contributed by atoms with E-state index in [4.69, 9.17) is 10.3 Å². The van der Waals surface area contributed by atoms with Gasteiger partial charge in [0.1, 0.15) is 11.5 Å². The Hall–Kier alpha value is -5.26. The molecular weight excluding hydrogens is 510 g/mol. The number of carboxylic acids is 1. The van der Waals surface area contributed by atoms with E-state index >= 15 is 0 Å². The number of rotatable bonds is 10. The van der Waals surface area contributed by atoms with Gasteiger partial charge in [-0.3, -0.25) is 15.5 Å². The van der Waals surface area contributed by atoms with Crippen LogP contribution in [0.4, 0.5) is 16.5 Å². The van der Waals surface area contributed by atoms with E-state index in [2.05, 4.69) is 25.5 Å². The highest BCUT2D eigenvalue weighted by Crippen LogP contribution is 2.40. The maximum Gasteiger partial charge on any atom is 0.352 e. The summed E-state index contributed by atoms with van der Waals surface area (Å²) in [5, 5.41) is 28.9. The second-order valence-electron chi connectivity index (χ2n) is 7.70. The Morgan fingerprint density at radius 1 is 1.13 bits per heavy atom. The van der Waals surface area contributed by atoms with E-state index < -0.39 is 10.9 Å². The van der Waals surface area contributed by atoms with Crippen LogP contribution < -0.4 is 10.2 Å². The minimum atomic E-state index is -1.32. The summed E-state index contributed by atoms with van der Waals surface area (Å²) >= 11 is 1.24. The molecule has 0 saturated carbocycles. The first-order chi connectivity index (χ1) is 18.4. The summed E-state index contributed by atoms with van der Waals surface area (Å²) < 4.78 is 5.24. The lowest BCUT2D eigenvalue weighted by Crippen LogP contribution is -2.18. The predicted molar refractivity (Wildman–Crippen MR) is 144 cm³/mol. The third-order valence-electron chi connectivity index (χ3n) is 5.36. The number of nitrogens with one attached hydrogen (secondary N) is 1. The average molecular weight is 530 g/mol. The van der Waals surface area contributed by atoms with E-state index in [0.29, 0.717) is 22.3 Å². The molecule has 2 N–H and O–H groups in total. The van der Waals surface area contributed by atoms with Gasteiger partial charge in [-0.1, -0.05) is 58.9 Å². The Kier molecular flexibility index (Phi) is 7.92. The molecule has 0 bridgehead atoms. The Labute approximate surface area is 219 Å². The first-order valence-corrected chi connectivity index (χ1v) is 11.8. The first-order valence-electron chi connectivity index (χ1n) is 11.0. The quantitative estimate of drug-likeness (QED) is 0.0593. The van der Waals surface area contributed by atoms with Crippen molar-refractivity contribution in [3.8, 4) is 27.4 Å². The first kappa shape index (κ1) is 25.8. The smallest absolute Gasteiger partial charge is 0.352 e. The fourth-order valence-electron chi connectivity index (χ4n) is 3.54. The number of nitrogens with zero attached hydrogens (tertiary/aromatic N) is 6. The summed E-state index contributed by atoms with van der Waals surface area (Å²) in [4.78, 5) is 30.8. The highest BCUT2D eigenvalue weighted by Gasteiger charge is 2.20. The molecule has 38 heavy (non-hydrogen) atoms. The Morgan fingerprint density at radius 2 is 1.82 bits per heavy atom. The molecule has 0 radical (unpaired) electrons. The van der Waals surface area contributed by atoms with Gasteiger partial charge < -0.3 is 9.84 Å². The second kappa shape index (κ2) is 11.6. The monoisotopic (exact) mass is 529 g/mol. The number of nitro groups is 1. The standard InChI is InChI=1S/C25H19N7O5S/c1-37-19-12-8-15(9-13-19)22-23(16-6-10-18(11-7-16)28-31-26)38-25(27-22)30-29-20(24(33)34)14-17-4-2-3-5-21(17)32(35)36/h2-13H,14H2,1H3,(H,27,30)(H,33,34). The molecule has 13 heteroatoms. The van der Waals surface area contributed by atoms with Crippen LogP contribution in [0.2, 0.25) is 0 Å². The van der Waals surface area contributed by atoms with Crippen molar-refractivity contribution >= 4 is 39.5 Å². The van der Waals surface area contributed by atoms with Gasteiger partial charge in [0.25, 0.3) is 5.69 Å². The van der Waals surface area contributed by atoms with Crippen molar-refractivity contribution in [2.45, 2.75) is 6.42 Å². The predicted octanol–water partition coefficient (Wildman–Crippen LogP) is 6.43. The number of hydrogen-bond donors (Lipinski definition) is 2. The normalized spacial score (nSPS) is 10.9. The van der Waals surface area contributed by atoms with E-state index in [9.17, 15) is 20.0 Å². The molecule has 1 aromatic heterocycles. The number of carboxylic acid groups (broad SMARTS) is 1. The van der Waals surface area contributed by atoms with Crippen LogP contribution in [0.25, 0.3) is 32.1 Å². The second-order valence-corrected chi connectivity index (χ2v) is 8.70. The number of hydrogen-bond acceptors (Lipinski definition) is 9. The van der Waals surface area contributed by atoms with Crippen LogP contribution in [0, 0.1) is 10.1 Å². The molecule has 4 rings (SSSR count).